The summed E-state index contributed by atoms with van der Waals surface area (Å²) in [6.45, 7) is 2.95. The number of piperidine rings is 1. The molecule has 0 unspecified atom stereocenters. The van der Waals surface area contributed by atoms with Gasteiger partial charge in [0.1, 0.15) is 5.75 Å². The van der Waals surface area contributed by atoms with Crippen molar-refractivity contribution in [2.75, 3.05) is 33.8 Å². The highest BCUT2D eigenvalue weighted by molar-refractivity contribution is 5.95. The molecular weight excluding hydrogens is 312 g/mol. The molecule has 1 saturated heterocycles. The molecule has 1 fully saturated rings. The SMILES string of the molecule is COc1ccccc1-c1cccc(C(=O)NC[C@H]2CCCN(C)C2)c1. The first-order chi connectivity index (χ1) is 12.2. The lowest BCUT2D eigenvalue weighted by Gasteiger charge is -2.29. The lowest BCUT2D eigenvalue weighted by molar-refractivity contribution is 0.0937. The van der Waals surface area contributed by atoms with E-state index in [2.05, 4.69) is 17.3 Å². The van der Waals surface area contributed by atoms with Crippen LogP contribution in [-0.4, -0.2) is 44.6 Å². The van der Waals surface area contributed by atoms with Gasteiger partial charge in [0.05, 0.1) is 7.11 Å². The Morgan fingerprint density at radius 1 is 1.24 bits per heavy atom. The van der Waals surface area contributed by atoms with E-state index >= 15 is 0 Å². The van der Waals surface area contributed by atoms with Crippen LogP contribution in [0.5, 0.6) is 5.75 Å². The predicted molar refractivity (Wildman–Crippen MR) is 101 cm³/mol. The number of hydrogen-bond acceptors (Lipinski definition) is 3. The maximum atomic E-state index is 12.6. The first kappa shape index (κ1) is 17.5. The van der Waals surface area contributed by atoms with Crippen molar-refractivity contribution in [2.45, 2.75) is 12.8 Å². The fraction of sp³-hybridized carbons (Fsp3) is 0.381. The Morgan fingerprint density at radius 2 is 2.08 bits per heavy atom. The van der Waals surface area contributed by atoms with Gasteiger partial charge >= 0.3 is 0 Å². The van der Waals surface area contributed by atoms with Crippen LogP contribution < -0.4 is 10.1 Å². The highest BCUT2D eigenvalue weighted by atomic mass is 16.5. The number of carbonyl (C=O) groups is 1. The van der Waals surface area contributed by atoms with Crippen LogP contribution in [0.25, 0.3) is 11.1 Å². The van der Waals surface area contributed by atoms with Gasteiger partial charge in [0.25, 0.3) is 5.91 Å². The molecule has 3 rings (SSSR count). The minimum Gasteiger partial charge on any atom is -0.496 e. The van der Waals surface area contributed by atoms with Crippen molar-refractivity contribution in [3.05, 3.63) is 54.1 Å². The van der Waals surface area contributed by atoms with Crippen molar-refractivity contribution in [3.8, 4) is 16.9 Å². The molecule has 1 aliphatic heterocycles. The Morgan fingerprint density at radius 3 is 2.88 bits per heavy atom. The zero-order chi connectivity index (χ0) is 17.6. The number of nitrogens with one attached hydrogen (secondary N) is 1. The van der Waals surface area contributed by atoms with Crippen molar-refractivity contribution in [1.82, 2.24) is 10.2 Å². The molecule has 0 spiro atoms. The molecule has 4 nitrogen and oxygen atoms in total. The summed E-state index contributed by atoms with van der Waals surface area (Å²) in [5.41, 5.74) is 2.67. The average Bonchev–Trinajstić information content (AvgIpc) is 2.66. The summed E-state index contributed by atoms with van der Waals surface area (Å²) in [6.07, 6.45) is 2.40. The molecule has 1 amide bonds. The Hall–Kier alpha value is -2.33. The fourth-order valence-electron chi connectivity index (χ4n) is 3.49. The molecule has 0 saturated carbocycles. The van der Waals surface area contributed by atoms with Crippen LogP contribution in [0.15, 0.2) is 48.5 Å². The molecule has 25 heavy (non-hydrogen) atoms. The van der Waals surface area contributed by atoms with Crippen LogP contribution in [0.1, 0.15) is 23.2 Å². The second-order valence-electron chi connectivity index (χ2n) is 6.76. The third kappa shape index (κ3) is 4.40. The molecule has 4 heteroatoms. The van der Waals surface area contributed by atoms with Gasteiger partial charge in [-0.05, 0) is 56.1 Å². The molecule has 1 atom stereocenters. The van der Waals surface area contributed by atoms with Crippen LogP contribution in [0, 0.1) is 5.92 Å². The van der Waals surface area contributed by atoms with Crippen molar-refractivity contribution in [3.63, 3.8) is 0 Å². The highest BCUT2D eigenvalue weighted by Gasteiger charge is 2.18. The van der Waals surface area contributed by atoms with Crippen LogP contribution in [0.3, 0.4) is 0 Å². The standard InChI is InChI=1S/C21H26N2O2/c1-23-12-6-7-16(15-23)14-22-21(24)18-9-5-8-17(13-18)19-10-3-4-11-20(19)25-2/h3-5,8-11,13,16H,6-7,12,14-15H2,1-2H3,(H,22,24)/t16-/m1/s1. The Labute approximate surface area is 149 Å². The summed E-state index contributed by atoms with van der Waals surface area (Å²) < 4.78 is 5.43. The van der Waals surface area contributed by atoms with Gasteiger partial charge in [-0.15, -0.1) is 0 Å². The molecule has 0 aromatic heterocycles. The maximum Gasteiger partial charge on any atom is 0.251 e. The second kappa shape index (κ2) is 8.17. The number of amides is 1. The van der Waals surface area contributed by atoms with E-state index in [1.807, 2.05) is 48.5 Å². The third-order valence-electron chi connectivity index (χ3n) is 4.82. The molecule has 132 valence electrons. The van der Waals surface area contributed by atoms with Crippen molar-refractivity contribution < 1.29 is 9.53 Å². The first-order valence-electron chi connectivity index (χ1n) is 8.87. The molecule has 0 bridgehead atoms. The van der Waals surface area contributed by atoms with Crippen molar-refractivity contribution >= 4 is 5.91 Å². The predicted octanol–water partition coefficient (Wildman–Crippen LogP) is 3.43. The summed E-state index contributed by atoms with van der Waals surface area (Å²) in [5, 5.41) is 3.10. The van der Waals surface area contributed by atoms with Gasteiger partial charge < -0.3 is 15.0 Å². The van der Waals surface area contributed by atoms with Gasteiger partial charge in [-0.25, -0.2) is 0 Å². The number of methoxy groups -OCH3 is 1. The summed E-state index contributed by atoms with van der Waals surface area (Å²) in [7, 11) is 3.81. The van der Waals surface area contributed by atoms with Gasteiger partial charge in [-0.1, -0.05) is 30.3 Å². The topological polar surface area (TPSA) is 41.6 Å². The number of benzene rings is 2. The van der Waals surface area contributed by atoms with E-state index in [-0.39, 0.29) is 5.91 Å². The van der Waals surface area contributed by atoms with E-state index in [4.69, 9.17) is 4.74 Å². The molecule has 0 aliphatic carbocycles. The Kier molecular flexibility index (Phi) is 5.71. The van der Waals surface area contributed by atoms with E-state index < -0.39 is 0 Å². The smallest absolute Gasteiger partial charge is 0.251 e. The third-order valence-corrected chi connectivity index (χ3v) is 4.82. The van der Waals surface area contributed by atoms with Crippen LogP contribution in [0.2, 0.25) is 0 Å². The van der Waals surface area contributed by atoms with E-state index in [0.29, 0.717) is 11.5 Å². The van der Waals surface area contributed by atoms with Crippen LogP contribution >= 0.6 is 0 Å². The van der Waals surface area contributed by atoms with E-state index in [1.54, 1.807) is 7.11 Å². The lowest BCUT2D eigenvalue weighted by atomic mass is 9.98. The largest absolute Gasteiger partial charge is 0.496 e. The van der Waals surface area contributed by atoms with Crippen molar-refractivity contribution in [1.29, 1.82) is 0 Å². The lowest BCUT2D eigenvalue weighted by Crippen LogP contribution is -2.39. The zero-order valence-corrected chi connectivity index (χ0v) is 15.0. The van der Waals surface area contributed by atoms with E-state index in [0.717, 1.165) is 36.5 Å². The minimum absolute atomic E-state index is 0.00928. The molecule has 2 aromatic rings. The maximum absolute atomic E-state index is 12.6. The molecule has 2 aromatic carbocycles. The van der Waals surface area contributed by atoms with Gasteiger partial charge in [-0.3, -0.25) is 4.79 Å². The number of carbonyl (C=O) groups excluding carboxylic acids is 1. The number of likely N-dealkylation sites (tertiary alicyclic amines) is 1. The van der Waals surface area contributed by atoms with E-state index in [9.17, 15) is 4.79 Å². The normalized spacial score (nSPS) is 17.9. The first-order valence-corrected chi connectivity index (χ1v) is 8.87. The summed E-state index contributed by atoms with van der Waals surface area (Å²) in [5.74, 6) is 1.34. The molecule has 1 N–H and O–H groups in total. The van der Waals surface area contributed by atoms with Crippen LogP contribution in [0.4, 0.5) is 0 Å². The average molecular weight is 338 g/mol. The number of hydrogen-bond donors (Lipinski definition) is 1. The number of ether oxygens (including phenoxy) is 1. The Balaban J connectivity index is 1.69. The summed E-state index contributed by atoms with van der Waals surface area (Å²) in [4.78, 5) is 14.9. The minimum atomic E-state index is -0.00928. The molecule has 1 aliphatic rings. The number of nitrogens with zero attached hydrogens (tertiary/aromatic N) is 1. The summed E-state index contributed by atoms with van der Waals surface area (Å²) >= 11 is 0. The fourth-order valence-corrected chi connectivity index (χ4v) is 3.49. The molecule has 0 radical (unpaired) electrons. The molecular formula is C21H26N2O2. The second-order valence-corrected chi connectivity index (χ2v) is 6.76. The highest BCUT2D eigenvalue weighted by Crippen LogP contribution is 2.29. The van der Waals surface area contributed by atoms with Crippen molar-refractivity contribution in [2.24, 2.45) is 5.92 Å². The number of para-hydroxylation sites is 1. The monoisotopic (exact) mass is 338 g/mol. The van der Waals surface area contributed by atoms with Gasteiger partial charge in [-0.2, -0.15) is 0 Å². The van der Waals surface area contributed by atoms with Gasteiger partial charge in [0, 0.05) is 24.2 Å². The van der Waals surface area contributed by atoms with Gasteiger partial charge in [0.15, 0.2) is 0 Å². The van der Waals surface area contributed by atoms with Crippen LogP contribution in [-0.2, 0) is 0 Å². The Bertz CT molecular complexity index is 729. The van der Waals surface area contributed by atoms with Gasteiger partial charge in [0.2, 0.25) is 0 Å². The van der Waals surface area contributed by atoms with E-state index in [1.165, 1.54) is 12.8 Å². The zero-order valence-electron chi connectivity index (χ0n) is 15.0. The molecule has 1 heterocycles. The quantitative estimate of drug-likeness (QED) is 0.908. The summed E-state index contributed by atoms with van der Waals surface area (Å²) in [6, 6.07) is 15.6. The number of rotatable bonds is 5.